The van der Waals surface area contributed by atoms with Gasteiger partial charge in [-0.15, -0.1) is 4.36 Å². The number of hydrogen-bond acceptors (Lipinski definition) is 4. The highest BCUT2D eigenvalue weighted by Gasteiger charge is 2.21. The number of rotatable bonds is 1. The molecule has 5 nitrogen and oxygen atoms in total. The van der Waals surface area contributed by atoms with Crippen LogP contribution >= 0.6 is 0 Å². The molecule has 0 spiro atoms. The van der Waals surface area contributed by atoms with E-state index >= 15 is 0 Å². The van der Waals surface area contributed by atoms with Crippen LogP contribution in [0.2, 0.25) is 0 Å². The van der Waals surface area contributed by atoms with Crippen molar-refractivity contribution in [2.75, 3.05) is 18.1 Å². The molecule has 1 amide bonds. The van der Waals surface area contributed by atoms with E-state index in [2.05, 4.69) is 9.68 Å². The van der Waals surface area contributed by atoms with Crippen LogP contribution in [0.15, 0.2) is 27.5 Å². The highest BCUT2D eigenvalue weighted by atomic mass is 32.2. The Bertz CT molecular complexity index is 668. The first-order chi connectivity index (χ1) is 9.69. The standard InChI is InChI=1S/C15H22N2O3S/c1-15(2,3)20-14(18)17-21(4,19)13-9-5-8-12-11(13)7-6-10-16-12/h5,8-9,16H,6-7,10H2,1-4H3/t21-/m1/s1. The number of carbonyl (C=O) groups is 1. The lowest BCUT2D eigenvalue weighted by atomic mass is 10.0. The molecular formula is C15H22N2O3S. The lowest BCUT2D eigenvalue weighted by Gasteiger charge is -2.21. The highest BCUT2D eigenvalue weighted by Crippen LogP contribution is 2.29. The molecule has 2 rings (SSSR count). The second-order valence-electron chi connectivity index (χ2n) is 6.19. The van der Waals surface area contributed by atoms with Crippen LogP contribution in [0.3, 0.4) is 0 Å². The normalized spacial score (nSPS) is 17.1. The van der Waals surface area contributed by atoms with E-state index in [-0.39, 0.29) is 0 Å². The van der Waals surface area contributed by atoms with Crippen LogP contribution in [0.1, 0.15) is 32.8 Å². The quantitative estimate of drug-likeness (QED) is 0.863. The number of benzene rings is 1. The zero-order chi connectivity index (χ0) is 15.7. The van der Waals surface area contributed by atoms with Crippen molar-refractivity contribution in [1.82, 2.24) is 0 Å². The van der Waals surface area contributed by atoms with Crippen LogP contribution in [0.5, 0.6) is 0 Å². The topological polar surface area (TPSA) is 67.8 Å². The third-order valence-electron chi connectivity index (χ3n) is 3.10. The first kappa shape index (κ1) is 15.8. The van der Waals surface area contributed by atoms with Crippen LogP contribution in [0, 0.1) is 0 Å². The summed E-state index contributed by atoms with van der Waals surface area (Å²) in [6.45, 7) is 6.18. The molecule has 1 heterocycles. The summed E-state index contributed by atoms with van der Waals surface area (Å²) in [4.78, 5) is 12.5. The third kappa shape index (κ3) is 3.97. The van der Waals surface area contributed by atoms with Gasteiger partial charge in [0.1, 0.15) is 5.60 Å². The number of nitrogens with one attached hydrogen (secondary N) is 1. The Morgan fingerprint density at radius 3 is 2.76 bits per heavy atom. The number of ether oxygens (including phenoxy) is 1. The van der Waals surface area contributed by atoms with Crippen LogP contribution in [0.25, 0.3) is 0 Å². The summed E-state index contributed by atoms with van der Waals surface area (Å²) in [6.07, 6.45) is 2.52. The van der Waals surface area contributed by atoms with Gasteiger partial charge in [0.2, 0.25) is 0 Å². The predicted octanol–water partition coefficient (Wildman–Crippen LogP) is 3.44. The van der Waals surface area contributed by atoms with Crippen molar-refractivity contribution in [3.05, 3.63) is 23.8 Å². The zero-order valence-corrected chi connectivity index (χ0v) is 13.8. The van der Waals surface area contributed by atoms with Gasteiger partial charge in [0, 0.05) is 18.5 Å². The van der Waals surface area contributed by atoms with Gasteiger partial charge >= 0.3 is 6.09 Å². The van der Waals surface area contributed by atoms with Crippen LogP contribution in [-0.4, -0.2) is 28.7 Å². The minimum Gasteiger partial charge on any atom is -0.442 e. The summed E-state index contributed by atoms with van der Waals surface area (Å²) in [6, 6.07) is 5.57. The fraction of sp³-hybridized carbons (Fsp3) is 0.533. The van der Waals surface area contributed by atoms with Crippen molar-refractivity contribution in [2.24, 2.45) is 4.36 Å². The lowest BCUT2D eigenvalue weighted by Crippen LogP contribution is -2.23. The van der Waals surface area contributed by atoms with Gasteiger partial charge in [0.15, 0.2) is 0 Å². The SMILES string of the molecule is CC(C)(C)OC(=O)N=[S@](C)(=O)c1cccc2c1CCCN2. The third-order valence-corrected chi connectivity index (χ3v) is 4.80. The zero-order valence-electron chi connectivity index (χ0n) is 12.9. The van der Waals surface area contributed by atoms with Crippen molar-refractivity contribution in [2.45, 2.75) is 44.1 Å². The molecule has 1 aliphatic rings. The smallest absolute Gasteiger partial charge is 0.442 e. The van der Waals surface area contributed by atoms with Crippen molar-refractivity contribution < 1.29 is 13.7 Å². The maximum absolute atomic E-state index is 12.9. The van der Waals surface area contributed by atoms with E-state index in [9.17, 15) is 9.00 Å². The minimum atomic E-state index is -2.81. The lowest BCUT2D eigenvalue weighted by molar-refractivity contribution is 0.0607. The number of anilines is 1. The summed E-state index contributed by atoms with van der Waals surface area (Å²) >= 11 is 0. The predicted molar refractivity (Wildman–Crippen MR) is 84.2 cm³/mol. The molecule has 0 saturated heterocycles. The maximum atomic E-state index is 12.9. The van der Waals surface area contributed by atoms with E-state index in [1.165, 1.54) is 6.26 Å². The maximum Gasteiger partial charge on any atom is 0.442 e. The number of carbonyl (C=O) groups excluding carboxylic acids is 1. The summed E-state index contributed by atoms with van der Waals surface area (Å²) in [7, 11) is -2.81. The molecule has 0 aromatic heterocycles. The molecule has 1 atom stereocenters. The summed E-state index contributed by atoms with van der Waals surface area (Å²) in [5.41, 5.74) is 1.32. The second-order valence-corrected chi connectivity index (χ2v) is 8.41. The van der Waals surface area contributed by atoms with Gasteiger partial charge in [-0.25, -0.2) is 9.00 Å². The molecule has 6 heteroatoms. The van der Waals surface area contributed by atoms with Gasteiger partial charge in [-0.2, -0.15) is 0 Å². The Kier molecular flexibility index (Phi) is 4.27. The molecule has 1 aromatic rings. The van der Waals surface area contributed by atoms with Gasteiger partial charge in [0.25, 0.3) is 0 Å². The van der Waals surface area contributed by atoms with Gasteiger partial charge in [0.05, 0.1) is 14.6 Å². The largest absolute Gasteiger partial charge is 0.442 e. The fourth-order valence-electron chi connectivity index (χ4n) is 2.30. The number of hydrogen-bond donors (Lipinski definition) is 1. The van der Waals surface area contributed by atoms with Crippen LogP contribution < -0.4 is 5.32 Å². The Balaban J connectivity index is 2.40. The van der Waals surface area contributed by atoms with Crippen molar-refractivity contribution in [3.63, 3.8) is 0 Å². The summed E-state index contributed by atoms with van der Waals surface area (Å²) in [5.74, 6) is 0. The average Bonchev–Trinajstić information content (AvgIpc) is 2.35. The van der Waals surface area contributed by atoms with E-state index in [4.69, 9.17) is 4.74 Å². The van der Waals surface area contributed by atoms with Gasteiger partial charge in [-0.3, -0.25) is 0 Å². The molecule has 21 heavy (non-hydrogen) atoms. The molecule has 116 valence electrons. The van der Waals surface area contributed by atoms with Gasteiger partial charge in [-0.05, 0) is 51.3 Å². The molecule has 1 aliphatic heterocycles. The van der Waals surface area contributed by atoms with E-state index in [1.807, 2.05) is 12.1 Å². The molecule has 1 aromatic carbocycles. The van der Waals surface area contributed by atoms with E-state index < -0.39 is 21.4 Å². The number of fused-ring (bicyclic) bond motifs is 1. The van der Waals surface area contributed by atoms with E-state index in [0.29, 0.717) is 4.90 Å². The number of nitrogens with zero attached hydrogens (tertiary/aromatic N) is 1. The highest BCUT2D eigenvalue weighted by molar-refractivity contribution is 7.93. The Labute approximate surface area is 126 Å². The molecule has 0 saturated carbocycles. The monoisotopic (exact) mass is 310 g/mol. The molecule has 0 bridgehead atoms. The van der Waals surface area contributed by atoms with E-state index in [1.54, 1.807) is 26.8 Å². The van der Waals surface area contributed by atoms with Crippen molar-refractivity contribution >= 4 is 21.5 Å². The Morgan fingerprint density at radius 2 is 2.10 bits per heavy atom. The van der Waals surface area contributed by atoms with Crippen molar-refractivity contribution in [3.8, 4) is 0 Å². The molecule has 0 radical (unpaired) electrons. The molecular weight excluding hydrogens is 288 g/mol. The Morgan fingerprint density at radius 1 is 1.38 bits per heavy atom. The molecule has 0 aliphatic carbocycles. The first-order valence-electron chi connectivity index (χ1n) is 7.00. The Hall–Kier alpha value is -1.56. The van der Waals surface area contributed by atoms with Crippen LogP contribution in [-0.2, 0) is 20.9 Å². The van der Waals surface area contributed by atoms with E-state index in [0.717, 1.165) is 30.6 Å². The summed E-state index contributed by atoms with van der Waals surface area (Å²) < 4.78 is 21.8. The average molecular weight is 310 g/mol. The fourth-order valence-corrected chi connectivity index (χ4v) is 3.72. The number of amides is 1. The second kappa shape index (κ2) is 5.67. The van der Waals surface area contributed by atoms with Gasteiger partial charge < -0.3 is 10.1 Å². The first-order valence-corrected chi connectivity index (χ1v) is 8.92. The molecule has 0 unspecified atom stereocenters. The summed E-state index contributed by atoms with van der Waals surface area (Å²) in [5, 5.41) is 3.28. The minimum absolute atomic E-state index is 0.623. The molecule has 1 N–H and O–H groups in total. The van der Waals surface area contributed by atoms with Gasteiger partial charge in [-0.1, -0.05) is 6.07 Å². The van der Waals surface area contributed by atoms with Crippen molar-refractivity contribution in [1.29, 1.82) is 0 Å². The molecule has 0 fully saturated rings. The van der Waals surface area contributed by atoms with Crippen LogP contribution in [0.4, 0.5) is 10.5 Å².